The molecule has 8 heteroatoms. The van der Waals surface area contributed by atoms with E-state index in [0.717, 1.165) is 6.07 Å². The lowest BCUT2D eigenvalue weighted by atomic mass is 10.3. The fourth-order valence-electron chi connectivity index (χ4n) is 1.60. The third kappa shape index (κ3) is 3.86. The van der Waals surface area contributed by atoms with Crippen LogP contribution in [-0.2, 0) is 4.79 Å². The standard InChI is InChI=1S/C14H11ClN2O5/c15-9-3-5-10(6-4-9)16-12(18)8-22-17-7-1-2-11(13(17)19)14(20)21/h1-7H,8H2,(H,16,18)(H,20,21). The molecule has 2 aromatic rings. The summed E-state index contributed by atoms with van der Waals surface area (Å²) in [4.78, 5) is 39.2. The quantitative estimate of drug-likeness (QED) is 0.864. The van der Waals surface area contributed by atoms with Gasteiger partial charge in [0.25, 0.3) is 11.5 Å². The Kier molecular flexibility index (Phi) is 4.80. The summed E-state index contributed by atoms with van der Waals surface area (Å²) in [5, 5.41) is 11.9. The van der Waals surface area contributed by atoms with Gasteiger partial charge in [0, 0.05) is 16.9 Å². The molecule has 0 bridgehead atoms. The summed E-state index contributed by atoms with van der Waals surface area (Å²) < 4.78 is 0.699. The minimum Gasteiger partial charge on any atom is -0.477 e. The lowest BCUT2D eigenvalue weighted by Gasteiger charge is -2.09. The number of aromatic carboxylic acids is 1. The van der Waals surface area contributed by atoms with E-state index in [2.05, 4.69) is 5.32 Å². The van der Waals surface area contributed by atoms with Gasteiger partial charge in [0.2, 0.25) is 0 Å². The predicted octanol–water partition coefficient (Wildman–Crippen LogP) is 1.27. The van der Waals surface area contributed by atoms with Gasteiger partial charge in [0.1, 0.15) is 5.56 Å². The molecule has 0 aliphatic carbocycles. The van der Waals surface area contributed by atoms with Crippen molar-refractivity contribution in [2.24, 2.45) is 0 Å². The molecule has 1 aromatic carbocycles. The Hall–Kier alpha value is -2.80. The van der Waals surface area contributed by atoms with E-state index in [0.29, 0.717) is 15.4 Å². The van der Waals surface area contributed by atoms with Crippen molar-refractivity contribution < 1.29 is 19.5 Å². The number of nitrogens with zero attached hydrogens (tertiary/aromatic N) is 1. The van der Waals surface area contributed by atoms with Gasteiger partial charge in [-0.05, 0) is 36.4 Å². The van der Waals surface area contributed by atoms with E-state index in [9.17, 15) is 14.4 Å². The third-order valence-corrected chi connectivity index (χ3v) is 2.86. The second-order valence-electron chi connectivity index (χ2n) is 4.19. The monoisotopic (exact) mass is 322 g/mol. The summed E-state index contributed by atoms with van der Waals surface area (Å²) in [7, 11) is 0. The van der Waals surface area contributed by atoms with E-state index in [1.54, 1.807) is 24.3 Å². The van der Waals surface area contributed by atoms with Crippen LogP contribution in [-0.4, -0.2) is 28.3 Å². The SMILES string of the molecule is O=C(COn1cccc(C(=O)O)c1=O)Nc1ccc(Cl)cc1. The van der Waals surface area contributed by atoms with Crippen molar-refractivity contribution in [1.29, 1.82) is 0 Å². The second-order valence-corrected chi connectivity index (χ2v) is 4.62. The molecule has 0 aliphatic heterocycles. The molecule has 22 heavy (non-hydrogen) atoms. The summed E-state index contributed by atoms with van der Waals surface area (Å²) in [5.74, 6) is -1.87. The fraction of sp³-hybridized carbons (Fsp3) is 0.0714. The van der Waals surface area contributed by atoms with E-state index in [4.69, 9.17) is 21.5 Å². The molecule has 2 N–H and O–H groups in total. The summed E-state index contributed by atoms with van der Waals surface area (Å²) in [5.41, 5.74) is -0.778. The van der Waals surface area contributed by atoms with Crippen LogP contribution in [0.3, 0.4) is 0 Å². The Bertz CT molecular complexity index is 755. The number of pyridine rings is 1. The van der Waals surface area contributed by atoms with Crippen LogP contribution in [0.5, 0.6) is 0 Å². The van der Waals surface area contributed by atoms with Gasteiger partial charge in [-0.2, -0.15) is 4.73 Å². The number of carboxylic acid groups (broad SMARTS) is 1. The largest absolute Gasteiger partial charge is 0.477 e. The molecule has 2 rings (SSSR count). The third-order valence-electron chi connectivity index (χ3n) is 2.61. The first-order valence-electron chi connectivity index (χ1n) is 6.11. The number of hydrogen-bond donors (Lipinski definition) is 2. The normalized spacial score (nSPS) is 10.0. The number of aromatic nitrogens is 1. The highest BCUT2D eigenvalue weighted by molar-refractivity contribution is 6.30. The number of carbonyl (C=O) groups is 2. The van der Waals surface area contributed by atoms with Crippen LogP contribution in [0, 0.1) is 0 Å². The first kappa shape index (κ1) is 15.6. The average molecular weight is 323 g/mol. The van der Waals surface area contributed by atoms with Crippen LogP contribution >= 0.6 is 11.6 Å². The van der Waals surface area contributed by atoms with Gasteiger partial charge in [0.15, 0.2) is 6.61 Å². The van der Waals surface area contributed by atoms with Crippen molar-refractivity contribution in [3.05, 3.63) is 63.5 Å². The van der Waals surface area contributed by atoms with Crippen LogP contribution in [0.1, 0.15) is 10.4 Å². The number of hydrogen-bond acceptors (Lipinski definition) is 4. The molecule has 0 fully saturated rings. The molecule has 1 aromatic heterocycles. The Morgan fingerprint density at radius 2 is 1.91 bits per heavy atom. The number of rotatable bonds is 5. The highest BCUT2D eigenvalue weighted by atomic mass is 35.5. The van der Waals surface area contributed by atoms with Gasteiger partial charge in [-0.3, -0.25) is 9.59 Å². The molecule has 0 saturated carbocycles. The maximum Gasteiger partial charge on any atom is 0.341 e. The molecule has 0 saturated heterocycles. The first-order chi connectivity index (χ1) is 10.5. The van der Waals surface area contributed by atoms with Crippen molar-refractivity contribution in [2.75, 3.05) is 11.9 Å². The topological polar surface area (TPSA) is 97.6 Å². The summed E-state index contributed by atoms with van der Waals surface area (Å²) in [6, 6.07) is 8.92. The molecular formula is C14H11ClN2O5. The van der Waals surface area contributed by atoms with Crippen molar-refractivity contribution in [2.45, 2.75) is 0 Å². The van der Waals surface area contributed by atoms with E-state index in [-0.39, 0.29) is 0 Å². The fourth-order valence-corrected chi connectivity index (χ4v) is 1.72. The molecular weight excluding hydrogens is 312 g/mol. The number of amides is 1. The Morgan fingerprint density at radius 3 is 2.55 bits per heavy atom. The zero-order valence-corrected chi connectivity index (χ0v) is 11.9. The molecule has 0 aliphatic rings. The first-order valence-corrected chi connectivity index (χ1v) is 6.49. The van der Waals surface area contributed by atoms with E-state index < -0.39 is 29.6 Å². The smallest absolute Gasteiger partial charge is 0.341 e. The maximum absolute atomic E-state index is 11.7. The van der Waals surface area contributed by atoms with Gasteiger partial charge >= 0.3 is 5.97 Å². The van der Waals surface area contributed by atoms with Crippen LogP contribution < -0.4 is 15.7 Å². The van der Waals surface area contributed by atoms with E-state index in [1.165, 1.54) is 12.3 Å². The zero-order chi connectivity index (χ0) is 16.1. The molecule has 1 amide bonds. The Morgan fingerprint density at radius 1 is 1.23 bits per heavy atom. The number of anilines is 1. The lowest BCUT2D eigenvalue weighted by Crippen LogP contribution is -2.34. The minimum atomic E-state index is -1.37. The van der Waals surface area contributed by atoms with Gasteiger partial charge in [-0.15, -0.1) is 0 Å². The highest BCUT2D eigenvalue weighted by Crippen LogP contribution is 2.12. The van der Waals surface area contributed by atoms with Gasteiger partial charge in [0.05, 0.1) is 0 Å². The lowest BCUT2D eigenvalue weighted by molar-refractivity contribution is -0.120. The number of carbonyl (C=O) groups excluding carboxylic acids is 1. The maximum atomic E-state index is 11.7. The van der Waals surface area contributed by atoms with E-state index >= 15 is 0 Å². The summed E-state index contributed by atoms with van der Waals surface area (Å²) in [6.07, 6.45) is 1.23. The molecule has 0 atom stereocenters. The second kappa shape index (κ2) is 6.77. The van der Waals surface area contributed by atoms with Crippen molar-refractivity contribution in [3.63, 3.8) is 0 Å². The molecule has 0 radical (unpaired) electrons. The Labute approximate surface area is 129 Å². The predicted molar refractivity (Wildman–Crippen MR) is 79.2 cm³/mol. The molecule has 0 unspecified atom stereocenters. The van der Waals surface area contributed by atoms with Gasteiger partial charge < -0.3 is 15.3 Å². The van der Waals surface area contributed by atoms with E-state index in [1.807, 2.05) is 0 Å². The minimum absolute atomic E-state index is 0.444. The van der Waals surface area contributed by atoms with Gasteiger partial charge in [-0.1, -0.05) is 11.6 Å². The molecule has 1 heterocycles. The number of carboxylic acids is 1. The van der Waals surface area contributed by atoms with Crippen LogP contribution in [0.15, 0.2) is 47.4 Å². The summed E-state index contributed by atoms with van der Waals surface area (Å²) >= 11 is 5.72. The zero-order valence-electron chi connectivity index (χ0n) is 11.2. The number of halogens is 1. The van der Waals surface area contributed by atoms with Crippen molar-refractivity contribution in [3.8, 4) is 0 Å². The molecule has 0 spiro atoms. The summed E-state index contributed by atoms with van der Waals surface area (Å²) in [6.45, 7) is -0.453. The van der Waals surface area contributed by atoms with Crippen LogP contribution in [0.4, 0.5) is 5.69 Å². The van der Waals surface area contributed by atoms with Crippen molar-refractivity contribution >= 4 is 29.2 Å². The van der Waals surface area contributed by atoms with Crippen molar-refractivity contribution in [1.82, 2.24) is 4.73 Å². The number of benzene rings is 1. The van der Waals surface area contributed by atoms with Gasteiger partial charge in [-0.25, -0.2) is 4.79 Å². The van der Waals surface area contributed by atoms with Crippen LogP contribution in [0.25, 0.3) is 0 Å². The number of nitrogens with one attached hydrogen (secondary N) is 1. The van der Waals surface area contributed by atoms with Crippen LogP contribution in [0.2, 0.25) is 5.02 Å². The highest BCUT2D eigenvalue weighted by Gasteiger charge is 2.11. The molecule has 114 valence electrons. The average Bonchev–Trinajstić information content (AvgIpc) is 2.48. The molecule has 7 nitrogen and oxygen atoms in total. The Balaban J connectivity index is 1.99.